The number of hydrogen-bond donors (Lipinski definition) is 3. The van der Waals surface area contributed by atoms with Gasteiger partial charge < -0.3 is 10.1 Å². The van der Waals surface area contributed by atoms with Crippen molar-refractivity contribution >= 4 is 28.4 Å². The van der Waals surface area contributed by atoms with Crippen LogP contribution in [0.2, 0.25) is 0 Å². The van der Waals surface area contributed by atoms with E-state index in [0.717, 1.165) is 44.0 Å². The van der Waals surface area contributed by atoms with Crippen LogP contribution in [0.5, 0.6) is 5.88 Å². The minimum atomic E-state index is 0.160. The van der Waals surface area contributed by atoms with E-state index in [1.54, 1.807) is 6.20 Å². The van der Waals surface area contributed by atoms with Crippen molar-refractivity contribution < 1.29 is 5.11 Å². The molecule has 5 rings (SSSR count). The predicted molar refractivity (Wildman–Crippen MR) is 94.8 cm³/mol. The number of H-pyrrole nitrogens is 2. The summed E-state index contributed by atoms with van der Waals surface area (Å²) in [5, 5.41) is 28.5. The predicted octanol–water partition coefficient (Wildman–Crippen LogP) is 2.68. The smallest absolute Gasteiger partial charge is 0.196 e. The van der Waals surface area contributed by atoms with Crippen LogP contribution in [0, 0.1) is 0 Å². The largest absolute Gasteiger partial charge is 0.494 e. The number of aromatic hydroxyl groups is 1. The summed E-state index contributed by atoms with van der Waals surface area (Å²) < 4.78 is 0. The second-order valence-electron chi connectivity index (χ2n) is 5.87. The topological polar surface area (TPSA) is 89.4 Å². The number of nitrogens with zero attached hydrogens (tertiary/aromatic N) is 3. The molecule has 120 valence electrons. The third-order valence-electron chi connectivity index (χ3n) is 4.33. The quantitative estimate of drug-likeness (QED) is 0.528. The summed E-state index contributed by atoms with van der Waals surface area (Å²) in [5.41, 5.74) is 4.10. The highest BCUT2D eigenvalue weighted by Crippen LogP contribution is 2.27. The maximum Gasteiger partial charge on any atom is 0.196 e. The fraction of sp³-hybridized carbons (Fsp3) is 0. The molecule has 3 N–H and O–H groups in total. The second kappa shape index (κ2) is 5.17. The summed E-state index contributed by atoms with van der Waals surface area (Å²) in [7, 11) is 0. The SMILES string of the molecule is Oc1[nH]c2ccccc2c1/C=c1\ccc2c(c1)N=NC=2c1ccn[nH]1. The molecule has 0 spiro atoms. The van der Waals surface area contributed by atoms with E-state index in [0.29, 0.717) is 0 Å². The van der Waals surface area contributed by atoms with Crippen molar-refractivity contribution in [3.05, 3.63) is 76.4 Å². The molecule has 0 unspecified atom stereocenters. The first-order chi connectivity index (χ1) is 12.3. The highest BCUT2D eigenvalue weighted by atomic mass is 16.3. The molecule has 0 bridgehead atoms. The fourth-order valence-corrected chi connectivity index (χ4v) is 3.13. The first-order valence-electron chi connectivity index (χ1n) is 7.87. The van der Waals surface area contributed by atoms with Gasteiger partial charge in [-0.1, -0.05) is 24.3 Å². The Morgan fingerprint density at radius 3 is 2.80 bits per heavy atom. The summed E-state index contributed by atoms with van der Waals surface area (Å²) >= 11 is 0. The zero-order valence-electron chi connectivity index (χ0n) is 13.1. The molecular weight excluding hydrogens is 314 g/mol. The Morgan fingerprint density at radius 2 is 1.92 bits per heavy atom. The average molecular weight is 327 g/mol. The maximum absolute atomic E-state index is 10.2. The van der Waals surface area contributed by atoms with Crippen LogP contribution >= 0.6 is 0 Å². The number of nitrogens with one attached hydrogen (secondary N) is 2. The highest BCUT2D eigenvalue weighted by Gasteiger charge is 2.12. The van der Waals surface area contributed by atoms with E-state index in [1.807, 2.05) is 54.6 Å². The van der Waals surface area contributed by atoms with Crippen molar-refractivity contribution in [1.82, 2.24) is 15.2 Å². The number of para-hydroxylation sites is 1. The second-order valence-corrected chi connectivity index (χ2v) is 5.87. The van der Waals surface area contributed by atoms with Gasteiger partial charge in [-0.2, -0.15) is 5.10 Å². The zero-order chi connectivity index (χ0) is 16.8. The average Bonchev–Trinajstić information content (AvgIpc) is 3.34. The lowest BCUT2D eigenvalue weighted by atomic mass is 10.1. The number of benzene rings is 2. The molecule has 0 saturated carbocycles. The lowest BCUT2D eigenvalue weighted by Crippen LogP contribution is -2.09. The van der Waals surface area contributed by atoms with Gasteiger partial charge in [-0.3, -0.25) is 5.10 Å². The number of aromatic amines is 2. The number of aromatic nitrogens is 3. The van der Waals surface area contributed by atoms with Gasteiger partial charge in [-0.05, 0) is 35.6 Å². The van der Waals surface area contributed by atoms with Gasteiger partial charge in [-0.25, -0.2) is 0 Å². The molecular formula is C19H13N5O. The molecule has 0 fully saturated rings. The molecule has 3 heterocycles. The van der Waals surface area contributed by atoms with Gasteiger partial charge in [0.1, 0.15) is 5.70 Å². The monoisotopic (exact) mass is 327 g/mol. The molecule has 0 aliphatic carbocycles. The van der Waals surface area contributed by atoms with Gasteiger partial charge in [0.25, 0.3) is 0 Å². The molecule has 4 aromatic rings. The highest BCUT2D eigenvalue weighted by molar-refractivity contribution is 5.91. The van der Waals surface area contributed by atoms with Crippen LogP contribution in [0.15, 0.2) is 65.0 Å². The molecule has 0 atom stereocenters. The van der Waals surface area contributed by atoms with Gasteiger partial charge in [0, 0.05) is 27.9 Å². The van der Waals surface area contributed by atoms with Crippen LogP contribution in [-0.4, -0.2) is 20.3 Å². The van der Waals surface area contributed by atoms with E-state index >= 15 is 0 Å². The van der Waals surface area contributed by atoms with Gasteiger partial charge in [0.15, 0.2) is 5.88 Å². The Kier molecular flexibility index (Phi) is 2.84. The molecule has 0 saturated heterocycles. The Balaban J connectivity index is 1.69. The zero-order valence-corrected chi connectivity index (χ0v) is 13.1. The van der Waals surface area contributed by atoms with Crippen LogP contribution in [0.1, 0.15) is 11.3 Å². The van der Waals surface area contributed by atoms with Crippen molar-refractivity contribution in [3.63, 3.8) is 0 Å². The summed E-state index contributed by atoms with van der Waals surface area (Å²) in [6.45, 7) is 0. The Hall–Kier alpha value is -3.67. The van der Waals surface area contributed by atoms with Gasteiger partial charge in [-0.15, -0.1) is 10.2 Å². The fourth-order valence-electron chi connectivity index (χ4n) is 3.13. The molecule has 6 heteroatoms. The lowest BCUT2D eigenvalue weighted by Gasteiger charge is -1.95. The van der Waals surface area contributed by atoms with E-state index in [1.165, 1.54) is 0 Å². The van der Waals surface area contributed by atoms with Crippen LogP contribution in [0.4, 0.5) is 5.69 Å². The van der Waals surface area contributed by atoms with Crippen molar-refractivity contribution in [2.45, 2.75) is 0 Å². The number of rotatable bonds is 2. The minimum absolute atomic E-state index is 0.160. The molecule has 1 aliphatic heterocycles. The Labute approximate surface area is 141 Å². The molecule has 2 aromatic carbocycles. The van der Waals surface area contributed by atoms with Crippen molar-refractivity contribution in [1.29, 1.82) is 0 Å². The third kappa shape index (κ3) is 2.15. The number of azo groups is 1. The van der Waals surface area contributed by atoms with Crippen LogP contribution < -0.4 is 10.4 Å². The maximum atomic E-state index is 10.2. The molecule has 0 amide bonds. The van der Waals surface area contributed by atoms with E-state index in [2.05, 4.69) is 25.4 Å². The molecule has 2 aromatic heterocycles. The van der Waals surface area contributed by atoms with Crippen molar-refractivity contribution in [2.75, 3.05) is 0 Å². The van der Waals surface area contributed by atoms with Gasteiger partial charge >= 0.3 is 0 Å². The Bertz CT molecular complexity index is 1250. The normalized spacial score (nSPS) is 13.8. The first-order valence-corrected chi connectivity index (χ1v) is 7.87. The summed E-state index contributed by atoms with van der Waals surface area (Å²) in [4.78, 5) is 2.99. The van der Waals surface area contributed by atoms with Crippen LogP contribution in [0.3, 0.4) is 0 Å². The third-order valence-corrected chi connectivity index (χ3v) is 4.33. The van der Waals surface area contributed by atoms with Gasteiger partial charge in [0.05, 0.1) is 11.4 Å². The standard InChI is InChI=1S/C19H13N5O/c25-19-14(12-3-1-2-4-15(12)21-19)9-11-5-6-13-17(10-11)23-24-18(13)16-7-8-20-22-16/h1-10,21,25H,(H,20,22)/b11-9+. The van der Waals surface area contributed by atoms with Gasteiger partial charge in [0.2, 0.25) is 0 Å². The van der Waals surface area contributed by atoms with Crippen molar-refractivity contribution in [3.8, 4) is 5.88 Å². The molecule has 0 radical (unpaired) electrons. The molecule has 25 heavy (non-hydrogen) atoms. The minimum Gasteiger partial charge on any atom is -0.494 e. The van der Waals surface area contributed by atoms with E-state index in [4.69, 9.17) is 0 Å². The summed E-state index contributed by atoms with van der Waals surface area (Å²) in [6, 6.07) is 15.6. The van der Waals surface area contributed by atoms with Crippen molar-refractivity contribution in [2.24, 2.45) is 10.2 Å². The first kappa shape index (κ1) is 13.7. The molecule has 1 aliphatic rings. The van der Waals surface area contributed by atoms with E-state index < -0.39 is 0 Å². The van der Waals surface area contributed by atoms with E-state index in [9.17, 15) is 5.11 Å². The lowest BCUT2D eigenvalue weighted by molar-refractivity contribution is 0.457. The number of fused-ring (bicyclic) bond motifs is 2. The Morgan fingerprint density at radius 1 is 1.00 bits per heavy atom. The summed E-state index contributed by atoms with van der Waals surface area (Å²) in [6.07, 6.45) is 3.63. The van der Waals surface area contributed by atoms with Crippen LogP contribution in [0.25, 0.3) is 22.7 Å². The van der Waals surface area contributed by atoms with Crippen LogP contribution in [-0.2, 0) is 0 Å². The molecule has 6 nitrogen and oxygen atoms in total. The number of hydrogen-bond acceptors (Lipinski definition) is 4. The van der Waals surface area contributed by atoms with E-state index in [-0.39, 0.29) is 5.88 Å². The summed E-state index contributed by atoms with van der Waals surface area (Å²) in [5.74, 6) is 0.160.